The van der Waals surface area contributed by atoms with Gasteiger partial charge < -0.3 is 0 Å². The molecule has 0 aliphatic carbocycles. The van der Waals surface area contributed by atoms with Crippen LogP contribution in [0.4, 0.5) is 0 Å². The summed E-state index contributed by atoms with van der Waals surface area (Å²) < 4.78 is 2.62. The van der Waals surface area contributed by atoms with Crippen LogP contribution in [0.15, 0.2) is 5.38 Å². The van der Waals surface area contributed by atoms with E-state index in [1.165, 1.54) is 0 Å². The van der Waals surface area contributed by atoms with Gasteiger partial charge in [0.2, 0.25) is 0 Å². The maximum Gasteiger partial charge on any atom is 0.195 e. The third kappa shape index (κ3) is 1.87. The van der Waals surface area contributed by atoms with Crippen LogP contribution in [0.5, 0.6) is 0 Å². The third-order valence-corrected chi connectivity index (χ3v) is 3.13. The van der Waals surface area contributed by atoms with E-state index in [0.717, 1.165) is 16.5 Å². The Labute approximate surface area is 97.0 Å². The summed E-state index contributed by atoms with van der Waals surface area (Å²) in [6, 6.07) is 0.285. The molecule has 2 rings (SSSR count). The van der Waals surface area contributed by atoms with Gasteiger partial charge in [0.25, 0.3) is 0 Å². The van der Waals surface area contributed by atoms with Crippen molar-refractivity contribution in [3.63, 3.8) is 0 Å². The molecule has 0 aliphatic heterocycles. The van der Waals surface area contributed by atoms with E-state index >= 15 is 0 Å². The quantitative estimate of drug-likeness (QED) is 0.821. The highest BCUT2D eigenvalue weighted by Gasteiger charge is 2.13. The van der Waals surface area contributed by atoms with Gasteiger partial charge in [0.05, 0.1) is 5.01 Å². The molecule has 0 spiro atoms. The number of hydrogen-bond donors (Lipinski definition) is 1. The summed E-state index contributed by atoms with van der Waals surface area (Å²) in [6.07, 6.45) is 0. The molecule has 0 atom stereocenters. The van der Waals surface area contributed by atoms with Crippen LogP contribution in [-0.2, 0) is 0 Å². The monoisotopic (exact) mass is 240 g/mol. The molecule has 0 saturated heterocycles. The average Bonchev–Trinajstić information content (AvgIpc) is 2.71. The molecule has 0 fully saturated rings. The normalized spacial score (nSPS) is 11.2. The Morgan fingerprint density at radius 3 is 2.80 bits per heavy atom. The smallest absolute Gasteiger partial charge is 0.195 e. The largest absolute Gasteiger partial charge is 0.296 e. The van der Waals surface area contributed by atoms with Gasteiger partial charge >= 0.3 is 0 Å². The molecular weight excluding hydrogens is 228 g/mol. The Bertz CT molecular complexity index is 520. The molecule has 6 heteroatoms. The lowest BCUT2D eigenvalue weighted by molar-refractivity contribution is 0.596. The molecule has 2 aromatic heterocycles. The van der Waals surface area contributed by atoms with E-state index in [0.29, 0.717) is 4.77 Å². The Morgan fingerprint density at radius 1 is 1.53 bits per heavy atom. The number of aryl methyl sites for hydroxylation is 1. The molecule has 0 aromatic carbocycles. The van der Waals surface area contributed by atoms with Crippen molar-refractivity contribution >= 4 is 23.6 Å². The molecule has 0 aliphatic rings. The minimum atomic E-state index is 0.285. The summed E-state index contributed by atoms with van der Waals surface area (Å²) in [4.78, 5) is 4.41. The fourth-order valence-corrected chi connectivity index (χ4v) is 2.36. The number of nitrogens with one attached hydrogen (secondary N) is 1. The van der Waals surface area contributed by atoms with Crippen LogP contribution in [0.3, 0.4) is 0 Å². The van der Waals surface area contributed by atoms with E-state index in [1.807, 2.05) is 16.9 Å². The minimum absolute atomic E-state index is 0.285. The second-order valence-corrected chi connectivity index (χ2v) is 5.02. The van der Waals surface area contributed by atoms with Crippen LogP contribution in [0, 0.1) is 11.7 Å². The molecule has 1 N–H and O–H groups in total. The number of H-pyrrole nitrogens is 1. The van der Waals surface area contributed by atoms with Crippen molar-refractivity contribution in [2.45, 2.75) is 26.8 Å². The zero-order valence-electron chi connectivity index (χ0n) is 8.81. The van der Waals surface area contributed by atoms with Crippen molar-refractivity contribution in [3.8, 4) is 11.5 Å². The molecule has 2 heterocycles. The molecule has 4 nitrogen and oxygen atoms in total. The second kappa shape index (κ2) is 3.86. The van der Waals surface area contributed by atoms with Crippen LogP contribution >= 0.6 is 23.6 Å². The minimum Gasteiger partial charge on any atom is -0.296 e. The standard InChI is InChI=1S/C9H12N4S2/c1-5(2)13-8(11-12-9(13)14)7-4-15-6(3)10-7/h4-5H,1-3H3,(H,12,14). The Hall–Kier alpha value is -1.01. The predicted octanol–water partition coefficient (Wildman–Crippen LogP) is 2.95. The van der Waals surface area contributed by atoms with Gasteiger partial charge in [-0.25, -0.2) is 4.98 Å². The number of aromatic amines is 1. The first-order valence-electron chi connectivity index (χ1n) is 4.69. The zero-order chi connectivity index (χ0) is 11.0. The first kappa shape index (κ1) is 10.5. The zero-order valence-corrected chi connectivity index (χ0v) is 10.4. The summed E-state index contributed by atoms with van der Waals surface area (Å²) in [5.41, 5.74) is 0.888. The Balaban J connectivity index is 2.58. The highest BCUT2D eigenvalue weighted by molar-refractivity contribution is 7.71. The van der Waals surface area contributed by atoms with Crippen LogP contribution in [-0.4, -0.2) is 19.7 Å². The lowest BCUT2D eigenvalue weighted by atomic mass is 10.3. The topological polar surface area (TPSA) is 46.5 Å². The van der Waals surface area contributed by atoms with Gasteiger partial charge in [0.1, 0.15) is 5.69 Å². The Kier molecular flexibility index (Phi) is 2.70. The SMILES string of the molecule is Cc1nc(-c2n[nH]c(=S)n2C(C)C)cs1. The molecule has 0 saturated carbocycles. The van der Waals surface area contributed by atoms with Crippen LogP contribution in [0.25, 0.3) is 11.5 Å². The highest BCUT2D eigenvalue weighted by atomic mass is 32.1. The van der Waals surface area contributed by atoms with Gasteiger partial charge in [-0.3, -0.25) is 9.67 Å². The summed E-state index contributed by atoms with van der Waals surface area (Å²) in [5.74, 6) is 0.819. The number of rotatable bonds is 2. The van der Waals surface area contributed by atoms with Gasteiger partial charge in [-0.15, -0.1) is 11.3 Å². The number of aromatic nitrogens is 4. The van der Waals surface area contributed by atoms with Crippen LogP contribution in [0.1, 0.15) is 24.9 Å². The van der Waals surface area contributed by atoms with Crippen LogP contribution in [0.2, 0.25) is 0 Å². The fraction of sp³-hybridized carbons (Fsp3) is 0.444. The number of nitrogens with zero attached hydrogens (tertiary/aromatic N) is 3. The first-order valence-corrected chi connectivity index (χ1v) is 5.98. The van der Waals surface area contributed by atoms with Gasteiger partial charge in [-0.05, 0) is 33.0 Å². The maximum atomic E-state index is 5.18. The molecule has 15 heavy (non-hydrogen) atoms. The van der Waals surface area contributed by atoms with E-state index in [-0.39, 0.29) is 6.04 Å². The van der Waals surface area contributed by atoms with Crippen molar-refractivity contribution in [1.82, 2.24) is 19.7 Å². The van der Waals surface area contributed by atoms with Gasteiger partial charge in [-0.1, -0.05) is 0 Å². The second-order valence-electron chi connectivity index (χ2n) is 3.57. The predicted molar refractivity (Wildman–Crippen MR) is 63.6 cm³/mol. The van der Waals surface area contributed by atoms with Crippen molar-refractivity contribution < 1.29 is 0 Å². The van der Waals surface area contributed by atoms with E-state index in [1.54, 1.807) is 11.3 Å². The number of hydrogen-bond acceptors (Lipinski definition) is 4. The maximum absolute atomic E-state index is 5.18. The molecular formula is C9H12N4S2. The lowest BCUT2D eigenvalue weighted by Crippen LogP contribution is -2.03. The van der Waals surface area contributed by atoms with Crippen LogP contribution < -0.4 is 0 Å². The van der Waals surface area contributed by atoms with Gasteiger partial charge in [0, 0.05) is 11.4 Å². The highest BCUT2D eigenvalue weighted by Crippen LogP contribution is 2.22. The van der Waals surface area contributed by atoms with Gasteiger partial charge in [-0.2, -0.15) is 5.10 Å². The molecule has 0 radical (unpaired) electrons. The molecule has 0 unspecified atom stereocenters. The van der Waals surface area contributed by atoms with E-state index < -0.39 is 0 Å². The summed E-state index contributed by atoms with van der Waals surface area (Å²) in [7, 11) is 0. The van der Waals surface area contributed by atoms with Crippen molar-refractivity contribution in [2.75, 3.05) is 0 Å². The van der Waals surface area contributed by atoms with Crippen molar-refractivity contribution in [1.29, 1.82) is 0 Å². The fourth-order valence-electron chi connectivity index (χ4n) is 1.43. The van der Waals surface area contributed by atoms with E-state index in [2.05, 4.69) is 29.0 Å². The lowest BCUT2D eigenvalue weighted by Gasteiger charge is -2.08. The molecule has 0 bridgehead atoms. The van der Waals surface area contributed by atoms with E-state index in [9.17, 15) is 0 Å². The molecule has 80 valence electrons. The average molecular weight is 240 g/mol. The third-order valence-electron chi connectivity index (χ3n) is 2.07. The number of thiazole rings is 1. The summed E-state index contributed by atoms with van der Waals surface area (Å²) >= 11 is 6.79. The first-order chi connectivity index (χ1) is 7.09. The summed E-state index contributed by atoms with van der Waals surface area (Å²) in [5, 5.41) is 10.1. The van der Waals surface area contributed by atoms with E-state index in [4.69, 9.17) is 12.2 Å². The Morgan fingerprint density at radius 2 is 2.27 bits per heavy atom. The van der Waals surface area contributed by atoms with Crippen molar-refractivity contribution in [2.24, 2.45) is 0 Å². The summed E-state index contributed by atoms with van der Waals surface area (Å²) in [6.45, 7) is 6.14. The van der Waals surface area contributed by atoms with Crippen molar-refractivity contribution in [3.05, 3.63) is 15.2 Å². The van der Waals surface area contributed by atoms with Gasteiger partial charge in [0.15, 0.2) is 10.6 Å². The molecule has 2 aromatic rings. The molecule has 0 amide bonds.